The van der Waals surface area contributed by atoms with Crippen molar-refractivity contribution >= 4 is 29.9 Å². The summed E-state index contributed by atoms with van der Waals surface area (Å²) in [6.45, 7) is 9.16. The average molecular weight is 826 g/mol. The van der Waals surface area contributed by atoms with E-state index in [0.29, 0.717) is 5.56 Å². The Bertz CT molecular complexity index is 2360. The first-order valence-corrected chi connectivity index (χ1v) is 20.6. The van der Waals surface area contributed by atoms with E-state index in [1.165, 1.54) is 58.3 Å². The normalized spacial score (nSPS) is 17.1. The van der Waals surface area contributed by atoms with E-state index in [2.05, 4.69) is 19.1 Å². The lowest BCUT2D eigenvalue weighted by atomic mass is 9.19. The summed E-state index contributed by atoms with van der Waals surface area (Å²) in [6.07, 6.45) is -4.47. The van der Waals surface area contributed by atoms with E-state index in [0.717, 1.165) is 0 Å². The minimum Gasteiger partial charge on any atom is -0.435 e. The van der Waals surface area contributed by atoms with E-state index < -0.39 is 105 Å². The number of aryl methyl sites for hydroxylation is 1. The maximum absolute atomic E-state index is 16.9. The van der Waals surface area contributed by atoms with E-state index in [4.69, 9.17) is 0 Å². The zero-order valence-electron chi connectivity index (χ0n) is 32.1. The zero-order chi connectivity index (χ0) is 42.3. The number of hydrogen-bond donors (Lipinski definition) is 0. The molecule has 0 unspecified atom stereocenters. The molecule has 1 aliphatic rings. The highest BCUT2D eigenvalue weighted by Crippen LogP contribution is 2.78. The maximum Gasteiger partial charge on any atom is 0.348 e. The Morgan fingerprint density at radius 1 is 0.431 bits per heavy atom. The van der Waals surface area contributed by atoms with Crippen molar-refractivity contribution in [2.75, 3.05) is 0 Å². The van der Waals surface area contributed by atoms with Crippen molar-refractivity contribution in [2.45, 2.75) is 57.4 Å². The van der Waals surface area contributed by atoms with Gasteiger partial charge in [-0.3, -0.25) is 0 Å². The number of halogens is 10. The SMILES string of the molecule is CC(C)P1(C(C)C)=[N+](c2ccccc2)[B-](c2c(F)c(F)c(F)c(F)c2F)(c2c(F)c(F)c(F)c(F)c2F)[C@H](c2ccccc2)[C@H]1c1ccccc1.Cc1ccccc1. The van der Waals surface area contributed by atoms with Crippen LogP contribution in [-0.4, -0.2) is 21.8 Å². The lowest BCUT2D eigenvalue weighted by molar-refractivity contribution is -0.268. The quantitative estimate of drug-likeness (QED) is 0.0496. The van der Waals surface area contributed by atoms with Gasteiger partial charge < -0.3 is 4.24 Å². The molecule has 0 aliphatic carbocycles. The van der Waals surface area contributed by atoms with Crippen LogP contribution in [0.4, 0.5) is 49.6 Å². The van der Waals surface area contributed by atoms with Crippen molar-refractivity contribution in [3.05, 3.63) is 196 Å². The molecule has 0 bridgehead atoms. The van der Waals surface area contributed by atoms with Crippen LogP contribution in [0.15, 0.2) is 121 Å². The molecule has 6 aromatic carbocycles. The molecule has 6 aromatic rings. The molecule has 58 heavy (non-hydrogen) atoms. The van der Waals surface area contributed by atoms with Crippen molar-refractivity contribution in [1.82, 2.24) is 0 Å². The first kappa shape index (κ1) is 42.5. The van der Waals surface area contributed by atoms with Crippen molar-refractivity contribution in [2.24, 2.45) is 0 Å². The molecule has 0 spiro atoms. The number of nitrogens with zero attached hydrogens (tertiary/aromatic N) is 1. The average Bonchev–Trinajstić information content (AvgIpc) is 3.51. The van der Waals surface area contributed by atoms with Crippen molar-refractivity contribution in [3.63, 3.8) is 0 Å². The van der Waals surface area contributed by atoms with Gasteiger partial charge in [0.1, 0.15) is 29.0 Å². The number of rotatable bonds is 7. The molecule has 1 nitrogen and oxygen atoms in total. The Balaban J connectivity index is 0.000000732. The minimum absolute atomic E-state index is 0.0282. The molecule has 13 heteroatoms. The van der Waals surface area contributed by atoms with Crippen LogP contribution in [0.3, 0.4) is 0 Å². The van der Waals surface area contributed by atoms with Crippen LogP contribution >= 0.6 is 7.05 Å². The highest BCUT2D eigenvalue weighted by atomic mass is 31.2. The first-order valence-electron chi connectivity index (χ1n) is 18.6. The third-order valence-corrected chi connectivity index (χ3v) is 17.5. The lowest BCUT2D eigenvalue weighted by Crippen LogP contribution is -2.71. The van der Waals surface area contributed by atoms with Crippen molar-refractivity contribution in [1.29, 1.82) is 0 Å². The molecule has 0 radical (unpaired) electrons. The Morgan fingerprint density at radius 2 is 0.741 bits per heavy atom. The van der Waals surface area contributed by atoms with Crippen LogP contribution in [0, 0.1) is 65.1 Å². The van der Waals surface area contributed by atoms with Gasteiger partial charge in [0.25, 0.3) is 0 Å². The summed E-state index contributed by atoms with van der Waals surface area (Å²) in [5.74, 6) is -26.3. The van der Waals surface area contributed by atoms with Gasteiger partial charge in [-0.2, -0.15) is 0 Å². The zero-order valence-corrected chi connectivity index (χ0v) is 33.0. The lowest BCUT2D eigenvalue weighted by Gasteiger charge is -2.42. The predicted molar refractivity (Wildman–Crippen MR) is 211 cm³/mol. The van der Waals surface area contributed by atoms with Gasteiger partial charge >= 0.3 is 6.28 Å². The fraction of sp³-hybridized carbons (Fsp3) is 0.200. The predicted octanol–water partition coefficient (Wildman–Crippen LogP) is 12.6. The van der Waals surface area contributed by atoms with Crippen LogP contribution in [0.25, 0.3) is 0 Å². The molecular formula is C45H39BF10NP. The van der Waals surface area contributed by atoms with Gasteiger partial charge in [0.05, 0.1) is 7.05 Å². The highest BCUT2D eigenvalue weighted by molar-refractivity contribution is 7.67. The summed E-state index contributed by atoms with van der Waals surface area (Å²) in [5, 5.41) is 0. The summed E-state index contributed by atoms with van der Waals surface area (Å²) >= 11 is 0. The molecule has 1 heterocycles. The number of hydrogen-bond acceptors (Lipinski definition) is 0. The van der Waals surface area contributed by atoms with Gasteiger partial charge in [-0.15, -0.1) is 0 Å². The molecular weight excluding hydrogens is 786 g/mol. The van der Waals surface area contributed by atoms with Crippen LogP contribution in [0.5, 0.6) is 0 Å². The summed E-state index contributed by atoms with van der Waals surface area (Å²) in [5.41, 5.74) is -3.61. The largest absolute Gasteiger partial charge is 0.435 e. The maximum atomic E-state index is 16.9. The summed E-state index contributed by atoms with van der Waals surface area (Å²) in [7, 11) is -3.48. The minimum atomic E-state index is -4.47. The Hall–Kier alpha value is -5.09. The van der Waals surface area contributed by atoms with Crippen LogP contribution in [-0.2, 0) is 0 Å². The topological polar surface area (TPSA) is 3.01 Å². The first-order chi connectivity index (χ1) is 27.6. The molecule has 1 aliphatic heterocycles. The second kappa shape index (κ2) is 16.6. The monoisotopic (exact) mass is 825 g/mol. The van der Waals surface area contributed by atoms with Crippen molar-refractivity contribution in [3.8, 4) is 0 Å². The van der Waals surface area contributed by atoms with Crippen LogP contribution < -0.4 is 10.9 Å². The number of para-hydroxylation sites is 1. The molecule has 302 valence electrons. The molecule has 0 aromatic heterocycles. The van der Waals surface area contributed by atoms with E-state index in [-0.39, 0.29) is 11.3 Å². The molecule has 0 saturated heterocycles. The second-order valence-corrected chi connectivity index (χ2v) is 19.6. The molecule has 0 fully saturated rings. The van der Waals surface area contributed by atoms with E-state index in [1.807, 2.05) is 18.2 Å². The summed E-state index contributed by atoms with van der Waals surface area (Å²) in [6, 6.07) is 33.5. The fourth-order valence-electron chi connectivity index (χ4n) is 9.41. The second-order valence-electron chi connectivity index (χ2n) is 15.0. The Labute approximate surface area is 331 Å². The molecule has 7 rings (SSSR count). The third kappa shape index (κ3) is 6.57. The van der Waals surface area contributed by atoms with Crippen molar-refractivity contribution < 1.29 is 48.1 Å². The standard InChI is InChI=1S/C38H31BF10NP.C7H8/c1-20(2)51(21(3)4)38(23-16-10-6-11-17-23)25(22-14-8-5-9-15-22)39(50(51)24-18-12-7-13-19-24,26-28(40)32(44)36(48)33(45)29(26)41)27-30(42)34(46)37(49)35(47)31(27)43;1-7-5-3-2-4-6-7/h5-21,25,38H,1-4H3;2-6H,1H3/t25-,38-;/m1./s1. The number of benzene rings is 6. The van der Waals surface area contributed by atoms with Crippen LogP contribution in [0.2, 0.25) is 0 Å². The Kier molecular flexibility index (Phi) is 12.2. The Morgan fingerprint density at radius 3 is 1.07 bits per heavy atom. The summed E-state index contributed by atoms with van der Waals surface area (Å²) < 4.78 is 161. The summed E-state index contributed by atoms with van der Waals surface area (Å²) in [4.78, 5) is 0. The van der Waals surface area contributed by atoms with Gasteiger partial charge in [-0.1, -0.05) is 159 Å². The van der Waals surface area contributed by atoms with E-state index >= 15 is 35.1 Å². The van der Waals surface area contributed by atoms with Gasteiger partial charge in [-0.05, 0) is 18.3 Å². The van der Waals surface area contributed by atoms with Gasteiger partial charge in [0, 0.05) is 29.1 Å². The van der Waals surface area contributed by atoms with E-state index in [9.17, 15) is 8.78 Å². The highest BCUT2D eigenvalue weighted by Gasteiger charge is 2.69. The third-order valence-electron chi connectivity index (χ3n) is 11.4. The molecule has 0 amide bonds. The van der Waals surface area contributed by atoms with E-state index in [1.54, 1.807) is 70.2 Å². The van der Waals surface area contributed by atoms with Gasteiger partial charge in [0.2, 0.25) is 0 Å². The van der Waals surface area contributed by atoms with Gasteiger partial charge in [-0.25, -0.2) is 43.9 Å². The van der Waals surface area contributed by atoms with Crippen LogP contribution in [0.1, 0.15) is 55.9 Å². The molecule has 2 atom stereocenters. The van der Waals surface area contributed by atoms with Gasteiger partial charge in [0.15, 0.2) is 34.9 Å². The smallest absolute Gasteiger partial charge is 0.348 e. The fourth-order valence-corrected chi connectivity index (χ4v) is 16.3. The molecule has 0 N–H and O–H groups in total. The molecule has 0 saturated carbocycles.